The molecule has 1 aliphatic rings. The van der Waals surface area contributed by atoms with Gasteiger partial charge in [0.25, 0.3) is 0 Å². The van der Waals surface area contributed by atoms with Crippen LogP contribution in [0, 0.1) is 16.7 Å². The van der Waals surface area contributed by atoms with Crippen LogP contribution in [0.1, 0.15) is 56.5 Å². The zero-order valence-corrected chi connectivity index (χ0v) is 23.3. The average molecular weight is 563 g/mol. The van der Waals surface area contributed by atoms with Crippen LogP contribution in [0.2, 0.25) is 10.0 Å². The third-order valence-corrected chi connectivity index (χ3v) is 7.36. The molecule has 0 radical (unpaired) electrons. The number of hydrogen-bond acceptors (Lipinski definition) is 7. The van der Waals surface area contributed by atoms with Crippen LogP contribution >= 0.6 is 23.2 Å². The highest BCUT2D eigenvalue weighted by atomic mass is 35.5. The topological polar surface area (TPSA) is 135 Å². The fourth-order valence-corrected chi connectivity index (χ4v) is 4.97. The van der Waals surface area contributed by atoms with Crippen LogP contribution < -0.4 is 16.4 Å². The van der Waals surface area contributed by atoms with Gasteiger partial charge in [0.2, 0.25) is 5.91 Å². The van der Waals surface area contributed by atoms with E-state index in [0.717, 1.165) is 5.56 Å². The van der Waals surface area contributed by atoms with Gasteiger partial charge in [-0.3, -0.25) is 9.78 Å². The monoisotopic (exact) mass is 562 g/mol. The number of primary amides is 1. The van der Waals surface area contributed by atoms with Crippen LogP contribution in [0.25, 0.3) is 10.9 Å². The highest BCUT2D eigenvalue weighted by Crippen LogP contribution is 2.43. The number of benzene rings is 2. The van der Waals surface area contributed by atoms with E-state index in [1.807, 2.05) is 18.2 Å². The second-order valence-electron chi connectivity index (χ2n) is 11.0. The van der Waals surface area contributed by atoms with Gasteiger partial charge in [0, 0.05) is 28.2 Å². The normalized spacial score (nSPS) is 15.0. The first-order chi connectivity index (χ1) is 18.5. The van der Waals surface area contributed by atoms with E-state index in [9.17, 15) is 10.1 Å². The number of nitrogens with two attached hydrogens (primary N) is 1. The van der Waals surface area contributed by atoms with Crippen LogP contribution in [-0.4, -0.2) is 32.4 Å². The number of fused-ring (bicyclic) bond motifs is 1. The fraction of sp³-hybridized carbons (Fsp3) is 0.321. The molecule has 0 aliphatic heterocycles. The van der Waals surface area contributed by atoms with Gasteiger partial charge < -0.3 is 16.4 Å². The molecule has 1 atom stereocenters. The van der Waals surface area contributed by atoms with Crippen molar-refractivity contribution in [3.05, 3.63) is 75.7 Å². The number of nitrogens with one attached hydrogen (secondary N) is 2. The quantitative estimate of drug-likeness (QED) is 0.253. The molecule has 2 heterocycles. The lowest BCUT2D eigenvalue weighted by Crippen LogP contribution is -2.34. The Morgan fingerprint density at radius 2 is 2.00 bits per heavy atom. The predicted molar refractivity (Wildman–Crippen MR) is 153 cm³/mol. The standard InChI is InChI=1S/C28H28Cl2N8O/c1-27(2,3)15-34-23-16(12-31)13-33-24-19(23)10-17(29)11-21(24)35-25(18-6-4-5-7-20(18)30)22-14-38(37-36-22)28(8-9-28)26(32)39/h4-7,10-11,13-14,25,35H,8-9,15H2,1-3H3,(H2,32,39)(H,33,34)/t25-/m0/s1. The minimum absolute atomic E-state index is 0.0210. The summed E-state index contributed by atoms with van der Waals surface area (Å²) in [5.74, 6) is -0.435. The Balaban J connectivity index is 1.62. The minimum atomic E-state index is -0.845. The molecule has 0 unspecified atom stereocenters. The van der Waals surface area contributed by atoms with Crippen molar-refractivity contribution in [1.82, 2.24) is 20.0 Å². The van der Waals surface area contributed by atoms with Crippen LogP contribution in [0.3, 0.4) is 0 Å². The molecular weight excluding hydrogens is 535 g/mol. The van der Waals surface area contributed by atoms with E-state index in [1.165, 1.54) is 4.68 Å². The van der Waals surface area contributed by atoms with Crippen LogP contribution in [0.5, 0.6) is 0 Å². The Labute approximate surface area is 236 Å². The molecular formula is C28H28Cl2N8O. The van der Waals surface area contributed by atoms with E-state index in [2.05, 4.69) is 52.8 Å². The summed E-state index contributed by atoms with van der Waals surface area (Å²) in [6, 6.07) is 12.7. The smallest absolute Gasteiger partial charge is 0.245 e. The molecule has 1 saturated carbocycles. The highest BCUT2D eigenvalue weighted by Gasteiger charge is 2.52. The summed E-state index contributed by atoms with van der Waals surface area (Å²) in [4.78, 5) is 16.7. The first-order valence-electron chi connectivity index (χ1n) is 12.5. The van der Waals surface area contributed by atoms with Crippen molar-refractivity contribution >= 4 is 51.4 Å². The van der Waals surface area contributed by atoms with Crippen molar-refractivity contribution in [2.45, 2.75) is 45.2 Å². The fourth-order valence-electron chi connectivity index (χ4n) is 4.51. The van der Waals surface area contributed by atoms with Gasteiger partial charge in [-0.15, -0.1) is 5.10 Å². The molecule has 1 aliphatic carbocycles. The summed E-state index contributed by atoms with van der Waals surface area (Å²) in [5, 5.41) is 27.1. The highest BCUT2D eigenvalue weighted by molar-refractivity contribution is 6.32. The number of aromatic nitrogens is 4. The zero-order valence-electron chi connectivity index (χ0n) is 21.8. The average Bonchev–Trinajstić information content (AvgIpc) is 3.56. The van der Waals surface area contributed by atoms with Crippen LogP contribution in [0.4, 0.5) is 11.4 Å². The van der Waals surface area contributed by atoms with Gasteiger partial charge in [-0.05, 0) is 42.0 Å². The molecule has 2 aromatic heterocycles. The Hall–Kier alpha value is -3.87. The number of anilines is 2. The van der Waals surface area contributed by atoms with Crippen molar-refractivity contribution in [2.75, 3.05) is 17.2 Å². The van der Waals surface area contributed by atoms with Gasteiger partial charge in [-0.25, -0.2) is 4.68 Å². The number of halogens is 2. The van der Waals surface area contributed by atoms with Crippen molar-refractivity contribution in [2.24, 2.45) is 11.1 Å². The zero-order chi connectivity index (χ0) is 27.9. The van der Waals surface area contributed by atoms with Gasteiger partial charge in [-0.1, -0.05) is 67.4 Å². The molecule has 9 nitrogen and oxygen atoms in total. The summed E-state index contributed by atoms with van der Waals surface area (Å²) in [6.07, 6.45) is 4.51. The number of carbonyl (C=O) groups excluding carboxylic acids is 1. The van der Waals surface area contributed by atoms with E-state index in [4.69, 9.17) is 28.9 Å². The molecule has 4 aromatic rings. The predicted octanol–water partition coefficient (Wildman–Crippen LogP) is 5.64. The maximum atomic E-state index is 12.1. The van der Waals surface area contributed by atoms with Gasteiger partial charge >= 0.3 is 0 Å². The summed E-state index contributed by atoms with van der Waals surface area (Å²) in [6.45, 7) is 6.98. The van der Waals surface area contributed by atoms with Gasteiger partial charge in [-0.2, -0.15) is 5.26 Å². The number of pyridine rings is 1. The first kappa shape index (κ1) is 26.7. The number of amides is 1. The lowest BCUT2D eigenvalue weighted by molar-refractivity contribution is -0.122. The number of nitrogens with zero attached hydrogens (tertiary/aromatic N) is 5. The number of nitriles is 1. The number of hydrogen-bond donors (Lipinski definition) is 3. The Kier molecular flexibility index (Phi) is 6.87. The molecule has 0 saturated heterocycles. The summed E-state index contributed by atoms with van der Waals surface area (Å²) in [7, 11) is 0. The second-order valence-corrected chi connectivity index (χ2v) is 11.8. The van der Waals surface area contributed by atoms with Crippen molar-refractivity contribution in [3.63, 3.8) is 0 Å². The molecule has 200 valence electrons. The second kappa shape index (κ2) is 10.0. The molecule has 11 heteroatoms. The van der Waals surface area contributed by atoms with E-state index < -0.39 is 17.5 Å². The molecule has 39 heavy (non-hydrogen) atoms. The van der Waals surface area contributed by atoms with E-state index in [-0.39, 0.29) is 5.41 Å². The van der Waals surface area contributed by atoms with E-state index in [1.54, 1.807) is 30.6 Å². The summed E-state index contributed by atoms with van der Waals surface area (Å²) in [5.41, 5.74) is 8.42. The largest absolute Gasteiger partial charge is 0.383 e. The van der Waals surface area contributed by atoms with Crippen LogP contribution in [0.15, 0.2) is 48.8 Å². The summed E-state index contributed by atoms with van der Waals surface area (Å²) >= 11 is 13.2. The molecule has 0 spiro atoms. The van der Waals surface area contributed by atoms with E-state index in [0.29, 0.717) is 63.0 Å². The molecule has 5 rings (SSSR count). The number of carbonyl (C=O) groups is 1. The number of rotatable bonds is 8. The molecule has 1 amide bonds. The minimum Gasteiger partial charge on any atom is -0.383 e. The molecule has 2 aromatic carbocycles. The summed E-state index contributed by atoms with van der Waals surface area (Å²) < 4.78 is 1.54. The van der Waals surface area contributed by atoms with Gasteiger partial charge in [0.1, 0.15) is 17.3 Å². The SMILES string of the molecule is CC(C)(C)CNc1c(C#N)cnc2c(N[C@H](c3cn(C4(C(N)=O)CC4)nn3)c3ccccc3Cl)cc(Cl)cc12. The maximum absolute atomic E-state index is 12.1. The van der Waals surface area contributed by atoms with Crippen molar-refractivity contribution in [1.29, 1.82) is 5.26 Å². The lowest BCUT2D eigenvalue weighted by Gasteiger charge is -2.23. The van der Waals surface area contributed by atoms with Gasteiger partial charge in [0.15, 0.2) is 0 Å². The Morgan fingerprint density at radius 3 is 2.64 bits per heavy atom. The maximum Gasteiger partial charge on any atom is 0.245 e. The third kappa shape index (κ3) is 5.22. The third-order valence-electron chi connectivity index (χ3n) is 6.80. The van der Waals surface area contributed by atoms with Crippen molar-refractivity contribution in [3.8, 4) is 6.07 Å². The van der Waals surface area contributed by atoms with Crippen LogP contribution in [-0.2, 0) is 10.3 Å². The lowest BCUT2D eigenvalue weighted by atomic mass is 9.96. The first-order valence-corrected chi connectivity index (χ1v) is 13.3. The van der Waals surface area contributed by atoms with Gasteiger partial charge in [0.05, 0.1) is 34.7 Å². The Bertz CT molecular complexity index is 1610. The molecule has 4 N–H and O–H groups in total. The Morgan fingerprint density at radius 1 is 1.26 bits per heavy atom. The molecule has 1 fully saturated rings. The van der Waals surface area contributed by atoms with Crippen molar-refractivity contribution < 1.29 is 4.79 Å². The molecule has 0 bridgehead atoms. The van der Waals surface area contributed by atoms with E-state index >= 15 is 0 Å².